The summed E-state index contributed by atoms with van der Waals surface area (Å²) in [5.41, 5.74) is 0.921. The lowest BCUT2D eigenvalue weighted by atomic mass is 10.1. The number of rotatable bonds is 3. The second kappa shape index (κ2) is 3.49. The third-order valence-corrected chi connectivity index (χ3v) is 2.40. The highest BCUT2D eigenvalue weighted by Gasteiger charge is 2.30. The number of hydrogen-bond acceptors (Lipinski definition) is 4. The maximum absolute atomic E-state index is 10.9. The van der Waals surface area contributed by atoms with E-state index in [-0.39, 0.29) is 5.56 Å². The van der Waals surface area contributed by atoms with Crippen LogP contribution in [-0.2, 0) is 0 Å². The molecule has 1 N–H and O–H groups in total. The van der Waals surface area contributed by atoms with Crippen molar-refractivity contribution in [1.82, 2.24) is 9.97 Å². The van der Waals surface area contributed by atoms with E-state index in [1.165, 1.54) is 6.20 Å². The molecule has 1 fully saturated rings. The average molecular weight is 207 g/mol. The predicted molar refractivity (Wildman–Crippen MR) is 55.3 cm³/mol. The molecular weight excluding hydrogens is 194 g/mol. The zero-order chi connectivity index (χ0) is 11.0. The van der Waals surface area contributed by atoms with Gasteiger partial charge in [-0.2, -0.15) is 0 Å². The van der Waals surface area contributed by atoms with Crippen molar-refractivity contribution in [2.24, 2.45) is 0 Å². The summed E-state index contributed by atoms with van der Waals surface area (Å²) in [4.78, 5) is 21.0. The van der Waals surface area contributed by atoms with Crippen molar-refractivity contribution < 1.29 is 9.90 Å². The van der Waals surface area contributed by atoms with Gasteiger partial charge in [0, 0.05) is 26.2 Å². The van der Waals surface area contributed by atoms with Gasteiger partial charge in [-0.1, -0.05) is 0 Å². The summed E-state index contributed by atoms with van der Waals surface area (Å²) in [6.07, 6.45) is 3.46. The van der Waals surface area contributed by atoms with E-state index < -0.39 is 5.97 Å². The van der Waals surface area contributed by atoms with Gasteiger partial charge in [0.05, 0.1) is 11.3 Å². The molecule has 5 heteroatoms. The fourth-order valence-corrected chi connectivity index (χ4v) is 1.43. The molecule has 0 radical (unpaired) electrons. The van der Waals surface area contributed by atoms with Crippen molar-refractivity contribution in [3.63, 3.8) is 0 Å². The Morgan fingerprint density at radius 3 is 2.67 bits per heavy atom. The molecule has 2 rings (SSSR count). The van der Waals surface area contributed by atoms with Gasteiger partial charge in [0.25, 0.3) is 0 Å². The lowest BCUT2D eigenvalue weighted by Gasteiger charge is -2.12. The predicted octanol–water partition coefficient (Wildman–Crippen LogP) is 1.12. The van der Waals surface area contributed by atoms with Gasteiger partial charge in [0.2, 0.25) is 5.95 Å². The van der Waals surface area contributed by atoms with Crippen molar-refractivity contribution in [1.29, 1.82) is 0 Å². The molecule has 1 aromatic heterocycles. The zero-order valence-electron chi connectivity index (χ0n) is 8.77. The average Bonchev–Trinajstić information content (AvgIpc) is 2.99. The van der Waals surface area contributed by atoms with E-state index in [4.69, 9.17) is 5.11 Å². The minimum absolute atomic E-state index is 0.239. The van der Waals surface area contributed by atoms with Gasteiger partial charge < -0.3 is 10.0 Å². The maximum Gasteiger partial charge on any atom is 0.339 e. The van der Waals surface area contributed by atoms with E-state index in [9.17, 15) is 4.79 Å². The van der Waals surface area contributed by atoms with E-state index in [1.807, 2.05) is 14.1 Å². The minimum Gasteiger partial charge on any atom is -0.478 e. The third kappa shape index (κ3) is 1.91. The Bertz CT molecular complexity index is 400. The van der Waals surface area contributed by atoms with Crippen LogP contribution in [0, 0.1) is 0 Å². The molecular formula is C10H13N3O2. The summed E-state index contributed by atoms with van der Waals surface area (Å²) in [5, 5.41) is 8.98. The standard InChI is InChI=1S/C10H13N3O2/c1-13(2)10-11-5-7(9(14)15)8(12-10)6-3-4-6/h5-6H,3-4H2,1-2H3,(H,14,15). The summed E-state index contributed by atoms with van der Waals surface area (Å²) in [6, 6.07) is 0. The van der Waals surface area contributed by atoms with Gasteiger partial charge >= 0.3 is 5.97 Å². The molecule has 1 saturated carbocycles. The fourth-order valence-electron chi connectivity index (χ4n) is 1.43. The normalized spacial score (nSPS) is 15.1. The largest absolute Gasteiger partial charge is 0.478 e. The van der Waals surface area contributed by atoms with Gasteiger partial charge in [-0.3, -0.25) is 0 Å². The molecule has 1 heterocycles. The smallest absolute Gasteiger partial charge is 0.339 e. The Labute approximate surface area is 87.8 Å². The van der Waals surface area contributed by atoms with E-state index >= 15 is 0 Å². The molecule has 80 valence electrons. The molecule has 0 bridgehead atoms. The molecule has 1 aromatic rings. The molecule has 0 atom stereocenters. The number of carbonyl (C=O) groups is 1. The third-order valence-electron chi connectivity index (χ3n) is 2.40. The van der Waals surface area contributed by atoms with Crippen LogP contribution in [0.25, 0.3) is 0 Å². The number of anilines is 1. The Morgan fingerprint density at radius 1 is 1.53 bits per heavy atom. The molecule has 5 nitrogen and oxygen atoms in total. The van der Waals surface area contributed by atoms with Gasteiger partial charge in [0.1, 0.15) is 0 Å². The Morgan fingerprint density at radius 2 is 2.20 bits per heavy atom. The number of aromatic nitrogens is 2. The first-order chi connectivity index (χ1) is 7.09. The maximum atomic E-state index is 10.9. The second-order valence-corrected chi connectivity index (χ2v) is 3.94. The number of carboxylic acid groups (broad SMARTS) is 1. The first kappa shape index (κ1) is 9.89. The SMILES string of the molecule is CN(C)c1ncc(C(=O)O)c(C2CC2)n1. The molecule has 0 amide bonds. The van der Waals surface area contributed by atoms with Crippen LogP contribution in [0.3, 0.4) is 0 Å². The van der Waals surface area contributed by atoms with Crippen LogP contribution in [0.15, 0.2) is 6.20 Å². The van der Waals surface area contributed by atoms with Crippen LogP contribution < -0.4 is 4.90 Å². The van der Waals surface area contributed by atoms with E-state index in [0.717, 1.165) is 12.8 Å². The van der Waals surface area contributed by atoms with Crippen LogP contribution in [0.4, 0.5) is 5.95 Å². The summed E-state index contributed by atoms with van der Waals surface area (Å²) < 4.78 is 0. The second-order valence-electron chi connectivity index (χ2n) is 3.94. The summed E-state index contributed by atoms with van der Waals surface area (Å²) in [5.74, 6) is -0.0538. The van der Waals surface area contributed by atoms with Crippen LogP contribution in [0.2, 0.25) is 0 Å². The van der Waals surface area contributed by atoms with E-state index in [2.05, 4.69) is 9.97 Å². The summed E-state index contributed by atoms with van der Waals surface area (Å²) in [7, 11) is 3.68. The lowest BCUT2D eigenvalue weighted by Crippen LogP contribution is -2.15. The Kier molecular flexibility index (Phi) is 2.30. The van der Waals surface area contributed by atoms with E-state index in [1.54, 1.807) is 4.90 Å². The molecule has 15 heavy (non-hydrogen) atoms. The summed E-state index contributed by atoms with van der Waals surface area (Å²) in [6.45, 7) is 0. The van der Waals surface area contributed by atoms with Crippen LogP contribution in [0.5, 0.6) is 0 Å². The van der Waals surface area contributed by atoms with Crippen molar-refractivity contribution in [2.75, 3.05) is 19.0 Å². The number of nitrogens with zero attached hydrogens (tertiary/aromatic N) is 3. The van der Waals surface area contributed by atoms with Gasteiger partial charge in [-0.15, -0.1) is 0 Å². The zero-order valence-corrected chi connectivity index (χ0v) is 8.77. The number of carboxylic acids is 1. The molecule has 1 aliphatic rings. The first-order valence-corrected chi connectivity index (χ1v) is 4.87. The van der Waals surface area contributed by atoms with Crippen molar-refractivity contribution in [3.8, 4) is 0 Å². The van der Waals surface area contributed by atoms with Gasteiger partial charge in [0.15, 0.2) is 0 Å². The highest BCUT2D eigenvalue weighted by molar-refractivity contribution is 5.89. The Hall–Kier alpha value is -1.65. The van der Waals surface area contributed by atoms with Crippen LogP contribution >= 0.6 is 0 Å². The molecule has 0 saturated heterocycles. The molecule has 0 aliphatic heterocycles. The van der Waals surface area contributed by atoms with Crippen molar-refractivity contribution >= 4 is 11.9 Å². The Balaban J connectivity index is 2.44. The minimum atomic E-state index is -0.942. The monoisotopic (exact) mass is 207 g/mol. The lowest BCUT2D eigenvalue weighted by molar-refractivity contribution is 0.0694. The van der Waals surface area contributed by atoms with E-state index in [0.29, 0.717) is 17.6 Å². The number of aromatic carboxylic acids is 1. The molecule has 0 spiro atoms. The fraction of sp³-hybridized carbons (Fsp3) is 0.500. The number of hydrogen-bond donors (Lipinski definition) is 1. The summed E-state index contributed by atoms with van der Waals surface area (Å²) >= 11 is 0. The first-order valence-electron chi connectivity index (χ1n) is 4.87. The molecule has 0 unspecified atom stereocenters. The molecule has 1 aliphatic carbocycles. The quantitative estimate of drug-likeness (QED) is 0.804. The van der Waals surface area contributed by atoms with Crippen LogP contribution in [0.1, 0.15) is 34.8 Å². The van der Waals surface area contributed by atoms with Crippen LogP contribution in [-0.4, -0.2) is 35.1 Å². The van der Waals surface area contributed by atoms with Crippen molar-refractivity contribution in [3.05, 3.63) is 17.5 Å². The topological polar surface area (TPSA) is 66.3 Å². The van der Waals surface area contributed by atoms with Crippen molar-refractivity contribution in [2.45, 2.75) is 18.8 Å². The van der Waals surface area contributed by atoms with Gasteiger partial charge in [-0.05, 0) is 12.8 Å². The highest BCUT2D eigenvalue weighted by atomic mass is 16.4. The van der Waals surface area contributed by atoms with Gasteiger partial charge in [-0.25, -0.2) is 14.8 Å². The highest BCUT2D eigenvalue weighted by Crippen LogP contribution is 2.40. The molecule has 0 aromatic carbocycles.